The number of nitro groups is 1. The van der Waals surface area contributed by atoms with Gasteiger partial charge < -0.3 is 14.8 Å². The van der Waals surface area contributed by atoms with E-state index in [1.54, 1.807) is 19.9 Å². The standard InChI is InChI=1S/C16H14N4O5/c1-8-12(15-19-17-7-25-15)14(13(16(21)22)9(2)18-8)10-4-3-5-11(6-10)20(23)24/h3-7,14,18H,1-2H3,(H,21,22). The van der Waals surface area contributed by atoms with Crippen molar-refractivity contribution in [3.63, 3.8) is 0 Å². The van der Waals surface area contributed by atoms with Crippen LogP contribution in [0.4, 0.5) is 5.69 Å². The highest BCUT2D eigenvalue weighted by atomic mass is 16.6. The van der Waals surface area contributed by atoms with E-state index in [9.17, 15) is 20.0 Å². The molecule has 2 heterocycles. The summed E-state index contributed by atoms with van der Waals surface area (Å²) in [5.74, 6) is -1.75. The van der Waals surface area contributed by atoms with Gasteiger partial charge in [-0.25, -0.2) is 4.79 Å². The van der Waals surface area contributed by atoms with Gasteiger partial charge in [-0.05, 0) is 19.4 Å². The molecule has 1 atom stereocenters. The molecule has 1 aliphatic rings. The van der Waals surface area contributed by atoms with Gasteiger partial charge in [0.05, 0.1) is 16.4 Å². The van der Waals surface area contributed by atoms with Gasteiger partial charge in [-0.15, -0.1) is 10.2 Å². The molecule has 2 aromatic rings. The van der Waals surface area contributed by atoms with Crippen molar-refractivity contribution in [2.24, 2.45) is 0 Å². The zero-order chi connectivity index (χ0) is 18.1. The molecule has 0 amide bonds. The Labute approximate surface area is 141 Å². The number of hydrogen-bond donors (Lipinski definition) is 2. The predicted octanol–water partition coefficient (Wildman–Crippen LogP) is 2.45. The van der Waals surface area contributed by atoms with Crippen LogP contribution in [0.1, 0.15) is 31.2 Å². The number of dihydropyridines is 1. The van der Waals surface area contributed by atoms with Crippen molar-refractivity contribution in [3.8, 4) is 0 Å². The minimum absolute atomic E-state index is 0.0688. The van der Waals surface area contributed by atoms with Crippen LogP contribution in [0.25, 0.3) is 5.57 Å². The molecule has 25 heavy (non-hydrogen) atoms. The Kier molecular flexibility index (Phi) is 4.05. The summed E-state index contributed by atoms with van der Waals surface area (Å²) in [5.41, 5.74) is 1.97. The lowest BCUT2D eigenvalue weighted by Crippen LogP contribution is -2.27. The summed E-state index contributed by atoms with van der Waals surface area (Å²) >= 11 is 0. The van der Waals surface area contributed by atoms with E-state index in [-0.39, 0.29) is 17.2 Å². The first-order chi connectivity index (χ1) is 11.9. The van der Waals surface area contributed by atoms with Crippen molar-refractivity contribution in [1.29, 1.82) is 0 Å². The van der Waals surface area contributed by atoms with E-state index in [0.717, 1.165) is 6.39 Å². The minimum atomic E-state index is -1.13. The van der Waals surface area contributed by atoms with E-state index in [2.05, 4.69) is 15.5 Å². The Hall–Kier alpha value is -3.49. The first-order valence-corrected chi connectivity index (χ1v) is 7.33. The number of aliphatic carboxylic acids is 1. The van der Waals surface area contributed by atoms with Gasteiger partial charge >= 0.3 is 5.97 Å². The van der Waals surface area contributed by atoms with Crippen LogP contribution < -0.4 is 5.32 Å². The number of carbonyl (C=O) groups is 1. The molecule has 3 rings (SSSR count). The van der Waals surface area contributed by atoms with Crippen molar-refractivity contribution in [1.82, 2.24) is 15.5 Å². The number of nitrogens with one attached hydrogen (secondary N) is 1. The number of carboxylic acid groups (broad SMARTS) is 1. The molecule has 1 aromatic heterocycles. The van der Waals surface area contributed by atoms with Crippen molar-refractivity contribution >= 4 is 17.2 Å². The molecule has 1 aliphatic heterocycles. The van der Waals surface area contributed by atoms with E-state index in [4.69, 9.17) is 4.42 Å². The second-order valence-electron chi connectivity index (χ2n) is 5.54. The summed E-state index contributed by atoms with van der Waals surface area (Å²) < 4.78 is 5.27. The molecule has 0 aliphatic carbocycles. The second-order valence-corrected chi connectivity index (χ2v) is 5.54. The molecule has 1 unspecified atom stereocenters. The molecule has 0 fully saturated rings. The molecule has 0 saturated heterocycles. The molecule has 2 N–H and O–H groups in total. The third kappa shape index (κ3) is 2.87. The van der Waals surface area contributed by atoms with Crippen LogP contribution in [0.3, 0.4) is 0 Å². The van der Waals surface area contributed by atoms with Crippen LogP contribution >= 0.6 is 0 Å². The maximum Gasteiger partial charge on any atom is 0.334 e. The Bertz CT molecular complexity index is 914. The van der Waals surface area contributed by atoms with Gasteiger partial charge in [0.1, 0.15) is 0 Å². The summed E-state index contributed by atoms with van der Waals surface area (Å²) in [5, 5.41) is 31.3. The topological polar surface area (TPSA) is 131 Å². The van der Waals surface area contributed by atoms with Gasteiger partial charge in [0.2, 0.25) is 12.3 Å². The highest BCUT2D eigenvalue weighted by molar-refractivity contribution is 5.95. The molecule has 9 nitrogen and oxygen atoms in total. The summed E-state index contributed by atoms with van der Waals surface area (Å²) in [7, 11) is 0. The molecule has 0 bridgehead atoms. The van der Waals surface area contributed by atoms with Crippen LogP contribution in [-0.4, -0.2) is 26.2 Å². The number of aromatic nitrogens is 2. The second kappa shape index (κ2) is 6.19. The van der Waals surface area contributed by atoms with E-state index in [1.165, 1.54) is 18.2 Å². The number of benzene rings is 1. The van der Waals surface area contributed by atoms with Gasteiger partial charge in [0.15, 0.2) is 0 Å². The molecule has 0 spiro atoms. The zero-order valence-corrected chi connectivity index (χ0v) is 13.4. The number of rotatable bonds is 4. The summed E-state index contributed by atoms with van der Waals surface area (Å²) in [6.45, 7) is 3.40. The maximum atomic E-state index is 11.9. The lowest BCUT2D eigenvalue weighted by Gasteiger charge is -2.29. The smallest absolute Gasteiger partial charge is 0.334 e. The molecule has 0 saturated carbocycles. The van der Waals surface area contributed by atoms with E-state index in [1.807, 2.05) is 0 Å². The number of nitrogens with zero attached hydrogens (tertiary/aromatic N) is 3. The highest BCUT2D eigenvalue weighted by Gasteiger charge is 2.36. The predicted molar refractivity (Wildman–Crippen MR) is 86.2 cm³/mol. The fourth-order valence-corrected chi connectivity index (χ4v) is 3.00. The van der Waals surface area contributed by atoms with Crippen molar-refractivity contribution in [3.05, 3.63) is 69.2 Å². The lowest BCUT2D eigenvalue weighted by atomic mass is 9.80. The normalized spacial score (nSPS) is 17.4. The van der Waals surface area contributed by atoms with Crippen LogP contribution in [0.15, 0.2) is 52.0 Å². The monoisotopic (exact) mass is 342 g/mol. The van der Waals surface area contributed by atoms with Crippen molar-refractivity contribution in [2.45, 2.75) is 19.8 Å². The molecule has 128 valence electrons. The Morgan fingerprint density at radius 1 is 1.36 bits per heavy atom. The fraction of sp³-hybridized carbons (Fsp3) is 0.188. The van der Waals surface area contributed by atoms with Gasteiger partial charge in [-0.2, -0.15) is 0 Å². The van der Waals surface area contributed by atoms with E-state index < -0.39 is 16.8 Å². The van der Waals surface area contributed by atoms with E-state index in [0.29, 0.717) is 22.5 Å². The first-order valence-electron chi connectivity index (χ1n) is 7.33. The average molecular weight is 342 g/mol. The SMILES string of the molecule is CC1=C(C(=O)O)C(c2cccc([N+](=O)[O-])c2)C(c2nnco2)=C(C)N1. The quantitative estimate of drug-likeness (QED) is 0.640. The minimum Gasteiger partial charge on any atom is -0.478 e. The number of hydrogen-bond acceptors (Lipinski definition) is 7. The van der Waals surface area contributed by atoms with E-state index >= 15 is 0 Å². The molecular formula is C16H14N4O5. The summed E-state index contributed by atoms with van der Waals surface area (Å²) in [6, 6.07) is 5.87. The van der Waals surface area contributed by atoms with Gasteiger partial charge in [0.25, 0.3) is 5.69 Å². The first kappa shape index (κ1) is 16.4. The Morgan fingerprint density at radius 2 is 2.12 bits per heavy atom. The maximum absolute atomic E-state index is 11.9. The largest absolute Gasteiger partial charge is 0.478 e. The third-order valence-electron chi connectivity index (χ3n) is 4.00. The van der Waals surface area contributed by atoms with Crippen molar-refractivity contribution in [2.75, 3.05) is 0 Å². The summed E-state index contributed by atoms with van der Waals surface area (Å²) in [4.78, 5) is 22.4. The van der Waals surface area contributed by atoms with Gasteiger partial charge in [0, 0.05) is 29.1 Å². The molecule has 9 heteroatoms. The van der Waals surface area contributed by atoms with Crippen LogP contribution in [-0.2, 0) is 4.79 Å². The fourth-order valence-electron chi connectivity index (χ4n) is 3.00. The third-order valence-corrected chi connectivity index (χ3v) is 4.00. The molecular weight excluding hydrogens is 328 g/mol. The zero-order valence-electron chi connectivity index (χ0n) is 13.4. The number of carboxylic acids is 1. The Morgan fingerprint density at radius 3 is 2.72 bits per heavy atom. The van der Waals surface area contributed by atoms with Gasteiger partial charge in [-0.3, -0.25) is 10.1 Å². The highest BCUT2D eigenvalue weighted by Crippen LogP contribution is 2.43. The molecule has 0 radical (unpaired) electrons. The Balaban J connectivity index is 2.25. The van der Waals surface area contributed by atoms with Crippen LogP contribution in [0.5, 0.6) is 0 Å². The van der Waals surface area contributed by atoms with Crippen LogP contribution in [0, 0.1) is 10.1 Å². The average Bonchev–Trinajstić information content (AvgIpc) is 3.07. The number of non-ortho nitro benzene ring substituents is 1. The van der Waals surface area contributed by atoms with Crippen molar-refractivity contribution < 1.29 is 19.2 Å². The number of nitro benzene ring substituents is 1. The van der Waals surface area contributed by atoms with Crippen LogP contribution in [0.2, 0.25) is 0 Å². The lowest BCUT2D eigenvalue weighted by molar-refractivity contribution is -0.384. The number of allylic oxidation sites excluding steroid dienone is 3. The van der Waals surface area contributed by atoms with Gasteiger partial charge in [-0.1, -0.05) is 12.1 Å². The molecule has 1 aromatic carbocycles. The summed E-state index contributed by atoms with van der Waals surface area (Å²) in [6.07, 6.45) is 1.14.